The van der Waals surface area contributed by atoms with Crippen LogP contribution in [0.1, 0.15) is 52.4 Å². The highest BCUT2D eigenvalue weighted by molar-refractivity contribution is 14.0. The van der Waals surface area contributed by atoms with E-state index in [1.807, 2.05) is 0 Å². The quantitative estimate of drug-likeness (QED) is 0.327. The number of rotatable bonds is 6. The second kappa shape index (κ2) is 12.5. The summed E-state index contributed by atoms with van der Waals surface area (Å²) in [6.07, 6.45) is 5.46. The molecule has 0 atom stereocenters. The van der Waals surface area contributed by atoms with Gasteiger partial charge >= 0.3 is 0 Å². The third-order valence-corrected chi connectivity index (χ3v) is 6.36. The molecular formula is C22H34IN5S. The zero-order valence-electron chi connectivity index (χ0n) is 17.8. The SMILES string of the molecule is CN=C(NCc1ccc(CN2CCCCCC2)cc1)NCc1nc(C)c(C)s1.I. The number of likely N-dealkylation sites (tertiary alicyclic amines) is 1. The minimum atomic E-state index is 0. The standard InChI is InChI=1S/C22H33N5S.HI/c1-17-18(2)28-21(26-17)15-25-22(23-3)24-14-19-8-10-20(11-9-19)16-27-12-6-4-5-7-13-27;/h8-11H,4-7,12-16H2,1-3H3,(H2,23,24,25);1H. The Kier molecular flexibility index (Phi) is 10.4. The van der Waals surface area contributed by atoms with Crippen molar-refractivity contribution in [3.63, 3.8) is 0 Å². The zero-order chi connectivity index (χ0) is 19.8. The highest BCUT2D eigenvalue weighted by Crippen LogP contribution is 2.16. The summed E-state index contributed by atoms with van der Waals surface area (Å²) in [5, 5.41) is 7.83. The van der Waals surface area contributed by atoms with E-state index in [0.29, 0.717) is 6.54 Å². The summed E-state index contributed by atoms with van der Waals surface area (Å²) in [7, 11) is 1.80. The first-order chi connectivity index (χ1) is 13.6. The molecule has 0 amide bonds. The maximum atomic E-state index is 4.57. The topological polar surface area (TPSA) is 52.6 Å². The largest absolute Gasteiger partial charge is 0.352 e. The van der Waals surface area contributed by atoms with E-state index in [0.717, 1.165) is 29.8 Å². The van der Waals surface area contributed by atoms with E-state index in [1.54, 1.807) is 18.4 Å². The number of nitrogens with zero attached hydrogens (tertiary/aromatic N) is 3. The van der Waals surface area contributed by atoms with Crippen LogP contribution >= 0.6 is 35.3 Å². The number of hydrogen-bond donors (Lipinski definition) is 2. The molecule has 0 aliphatic carbocycles. The number of nitrogens with one attached hydrogen (secondary N) is 2. The van der Waals surface area contributed by atoms with Crippen LogP contribution in [0.5, 0.6) is 0 Å². The Balaban J connectivity index is 0.00000300. The molecule has 2 aromatic rings. The molecule has 1 saturated heterocycles. The zero-order valence-corrected chi connectivity index (χ0v) is 21.0. The average molecular weight is 528 g/mol. The predicted molar refractivity (Wildman–Crippen MR) is 134 cm³/mol. The Morgan fingerprint density at radius 2 is 1.62 bits per heavy atom. The van der Waals surface area contributed by atoms with Crippen molar-refractivity contribution in [3.05, 3.63) is 51.0 Å². The second-order valence-electron chi connectivity index (χ2n) is 7.54. The van der Waals surface area contributed by atoms with E-state index < -0.39 is 0 Å². The van der Waals surface area contributed by atoms with Gasteiger partial charge in [-0.2, -0.15) is 0 Å². The molecule has 1 aromatic carbocycles. The van der Waals surface area contributed by atoms with Crippen LogP contribution in [-0.4, -0.2) is 36.0 Å². The summed E-state index contributed by atoms with van der Waals surface area (Å²) in [6.45, 7) is 9.18. The van der Waals surface area contributed by atoms with Gasteiger partial charge in [0.2, 0.25) is 0 Å². The first kappa shape index (κ1) is 24.1. The van der Waals surface area contributed by atoms with Crippen molar-refractivity contribution in [2.45, 2.75) is 59.2 Å². The lowest BCUT2D eigenvalue weighted by atomic mass is 10.1. The molecule has 0 radical (unpaired) electrons. The lowest BCUT2D eigenvalue weighted by Gasteiger charge is -2.20. The van der Waals surface area contributed by atoms with Gasteiger partial charge in [-0.25, -0.2) is 4.98 Å². The number of thiazole rings is 1. The third-order valence-electron chi connectivity index (χ3n) is 5.29. The van der Waals surface area contributed by atoms with Crippen LogP contribution in [0.25, 0.3) is 0 Å². The summed E-state index contributed by atoms with van der Waals surface area (Å²) in [6, 6.07) is 8.97. The lowest BCUT2D eigenvalue weighted by Crippen LogP contribution is -2.36. The Bertz CT molecular complexity index is 745. The van der Waals surface area contributed by atoms with Crippen LogP contribution in [0.3, 0.4) is 0 Å². The van der Waals surface area contributed by atoms with E-state index >= 15 is 0 Å². The summed E-state index contributed by atoms with van der Waals surface area (Å²) in [5.74, 6) is 0.805. The Labute approximate surface area is 196 Å². The number of hydrogen-bond acceptors (Lipinski definition) is 4. The van der Waals surface area contributed by atoms with Crippen LogP contribution < -0.4 is 10.6 Å². The number of benzene rings is 1. The maximum Gasteiger partial charge on any atom is 0.191 e. The average Bonchev–Trinajstić information content (AvgIpc) is 2.88. The molecular weight excluding hydrogens is 493 g/mol. The third kappa shape index (κ3) is 7.86. The molecule has 2 heterocycles. The highest BCUT2D eigenvalue weighted by Gasteiger charge is 2.09. The van der Waals surface area contributed by atoms with Gasteiger partial charge in [0, 0.05) is 25.0 Å². The van der Waals surface area contributed by atoms with Gasteiger partial charge in [0.15, 0.2) is 5.96 Å². The molecule has 0 unspecified atom stereocenters. The van der Waals surface area contributed by atoms with Crippen LogP contribution in [0, 0.1) is 13.8 Å². The fraction of sp³-hybridized carbons (Fsp3) is 0.545. The van der Waals surface area contributed by atoms with Crippen molar-refractivity contribution in [1.82, 2.24) is 20.5 Å². The molecule has 7 heteroatoms. The molecule has 2 N–H and O–H groups in total. The summed E-state index contributed by atoms with van der Waals surface area (Å²) < 4.78 is 0. The molecule has 3 rings (SSSR count). The van der Waals surface area contributed by atoms with E-state index in [9.17, 15) is 0 Å². The van der Waals surface area contributed by atoms with Gasteiger partial charge in [-0.3, -0.25) is 9.89 Å². The smallest absolute Gasteiger partial charge is 0.191 e. The van der Waals surface area contributed by atoms with Gasteiger partial charge in [0.05, 0.1) is 12.2 Å². The number of aryl methyl sites for hydroxylation is 2. The Morgan fingerprint density at radius 3 is 2.21 bits per heavy atom. The number of aliphatic imine (C=N–C) groups is 1. The fourth-order valence-corrected chi connectivity index (χ4v) is 4.37. The molecule has 160 valence electrons. The second-order valence-corrected chi connectivity index (χ2v) is 8.82. The molecule has 1 aliphatic heterocycles. The summed E-state index contributed by atoms with van der Waals surface area (Å²) in [4.78, 5) is 12.8. The summed E-state index contributed by atoms with van der Waals surface area (Å²) in [5.41, 5.74) is 3.79. The Hall–Kier alpha value is -1.19. The minimum absolute atomic E-state index is 0. The molecule has 0 saturated carbocycles. The van der Waals surface area contributed by atoms with Crippen LogP contribution in [0.2, 0.25) is 0 Å². The fourth-order valence-electron chi connectivity index (χ4n) is 3.50. The van der Waals surface area contributed by atoms with Crippen molar-refractivity contribution in [3.8, 4) is 0 Å². The van der Waals surface area contributed by atoms with Gasteiger partial charge in [-0.15, -0.1) is 35.3 Å². The lowest BCUT2D eigenvalue weighted by molar-refractivity contribution is 0.277. The van der Waals surface area contributed by atoms with Crippen molar-refractivity contribution in [2.75, 3.05) is 20.1 Å². The van der Waals surface area contributed by atoms with Gasteiger partial charge in [0.25, 0.3) is 0 Å². The maximum absolute atomic E-state index is 4.57. The number of aromatic nitrogens is 1. The van der Waals surface area contributed by atoms with Crippen molar-refractivity contribution in [2.24, 2.45) is 4.99 Å². The van der Waals surface area contributed by atoms with Gasteiger partial charge < -0.3 is 10.6 Å². The first-order valence-electron chi connectivity index (χ1n) is 10.3. The minimum Gasteiger partial charge on any atom is -0.352 e. The molecule has 5 nitrogen and oxygen atoms in total. The molecule has 1 fully saturated rings. The Morgan fingerprint density at radius 1 is 1.00 bits per heavy atom. The number of halogens is 1. The molecule has 0 bridgehead atoms. The van der Waals surface area contributed by atoms with E-state index in [4.69, 9.17) is 0 Å². The number of guanidine groups is 1. The van der Waals surface area contributed by atoms with Crippen LogP contribution in [0.15, 0.2) is 29.3 Å². The van der Waals surface area contributed by atoms with Gasteiger partial charge in [-0.05, 0) is 50.9 Å². The summed E-state index contributed by atoms with van der Waals surface area (Å²) >= 11 is 1.74. The highest BCUT2D eigenvalue weighted by atomic mass is 127. The monoisotopic (exact) mass is 527 g/mol. The van der Waals surface area contributed by atoms with E-state index in [2.05, 4.69) is 63.6 Å². The van der Waals surface area contributed by atoms with Crippen molar-refractivity contribution >= 4 is 41.3 Å². The molecule has 0 spiro atoms. The van der Waals surface area contributed by atoms with Crippen molar-refractivity contribution in [1.29, 1.82) is 0 Å². The van der Waals surface area contributed by atoms with E-state index in [-0.39, 0.29) is 24.0 Å². The molecule has 1 aromatic heterocycles. The van der Waals surface area contributed by atoms with Crippen LogP contribution in [0.4, 0.5) is 0 Å². The van der Waals surface area contributed by atoms with Crippen molar-refractivity contribution < 1.29 is 0 Å². The predicted octanol–water partition coefficient (Wildman–Crippen LogP) is 4.62. The molecule has 29 heavy (non-hydrogen) atoms. The van der Waals surface area contributed by atoms with Gasteiger partial charge in [0.1, 0.15) is 5.01 Å². The molecule has 1 aliphatic rings. The van der Waals surface area contributed by atoms with E-state index in [1.165, 1.54) is 54.8 Å². The van der Waals surface area contributed by atoms with Gasteiger partial charge in [-0.1, -0.05) is 37.1 Å². The normalized spacial score (nSPS) is 15.5. The first-order valence-corrected chi connectivity index (χ1v) is 11.1. The van der Waals surface area contributed by atoms with Crippen LogP contribution in [-0.2, 0) is 19.6 Å².